The van der Waals surface area contributed by atoms with Crippen LogP contribution < -0.4 is 4.74 Å². The second kappa shape index (κ2) is 4.65. The summed E-state index contributed by atoms with van der Waals surface area (Å²) in [6, 6.07) is 4.97. The number of phenols is 1. The van der Waals surface area contributed by atoms with Crippen LogP contribution in [0.25, 0.3) is 0 Å². The summed E-state index contributed by atoms with van der Waals surface area (Å²) in [6.45, 7) is 1.94. The molecule has 0 aromatic heterocycles. The first kappa shape index (κ1) is 10.6. The minimum atomic E-state index is -0.121. The predicted octanol–water partition coefficient (Wildman–Crippen LogP) is 2.09. The first-order valence-corrected chi connectivity index (χ1v) is 4.55. The Labute approximate surface area is 83.3 Å². The zero-order valence-corrected chi connectivity index (χ0v) is 8.36. The molecule has 1 aromatic rings. The fourth-order valence-electron chi connectivity index (χ4n) is 1.34. The number of rotatable bonds is 4. The van der Waals surface area contributed by atoms with E-state index in [0.29, 0.717) is 5.75 Å². The van der Waals surface area contributed by atoms with Gasteiger partial charge in [-0.15, -0.1) is 0 Å². The molecule has 3 heteroatoms. The highest BCUT2D eigenvalue weighted by molar-refractivity contribution is 5.63. The summed E-state index contributed by atoms with van der Waals surface area (Å²) in [5.74, 6) is 0.379. The van der Waals surface area contributed by atoms with Gasteiger partial charge < -0.3 is 14.6 Å². The van der Waals surface area contributed by atoms with Crippen LogP contribution in [0.5, 0.6) is 11.5 Å². The summed E-state index contributed by atoms with van der Waals surface area (Å²) in [5.41, 5.74) is 0.872. The number of hydrogen-bond donors (Lipinski definition) is 1. The van der Waals surface area contributed by atoms with Crippen LogP contribution in [0, 0.1) is 0 Å². The lowest BCUT2D eigenvalue weighted by molar-refractivity contribution is -0.109. The number of aldehydes is 1. The molecule has 0 aliphatic heterocycles. The third-order valence-corrected chi connectivity index (χ3v) is 2.24. The van der Waals surface area contributed by atoms with Gasteiger partial charge in [0.15, 0.2) is 11.5 Å². The van der Waals surface area contributed by atoms with E-state index in [1.807, 2.05) is 6.92 Å². The Kier molecular flexibility index (Phi) is 3.51. The number of carbonyl (C=O) groups is 1. The number of ether oxygens (including phenoxy) is 1. The largest absolute Gasteiger partial charge is 0.504 e. The van der Waals surface area contributed by atoms with Crippen molar-refractivity contribution >= 4 is 6.29 Å². The number of phenolic OH excluding ortho intramolecular Hbond substituents is 1. The van der Waals surface area contributed by atoms with E-state index in [9.17, 15) is 9.90 Å². The van der Waals surface area contributed by atoms with E-state index in [1.165, 1.54) is 7.11 Å². The Hall–Kier alpha value is -1.51. The standard InChI is InChI=1S/C11H14O3/c1-3-8(7-12)9-4-5-10(13)11(6-9)14-2/h4-8,13H,3H2,1-2H3/t8-/m0/s1. The van der Waals surface area contributed by atoms with Crippen LogP contribution in [0.3, 0.4) is 0 Å². The van der Waals surface area contributed by atoms with Gasteiger partial charge in [0.25, 0.3) is 0 Å². The maximum atomic E-state index is 10.7. The molecule has 0 bridgehead atoms. The van der Waals surface area contributed by atoms with E-state index in [-0.39, 0.29) is 11.7 Å². The van der Waals surface area contributed by atoms with Gasteiger partial charge in [-0.2, -0.15) is 0 Å². The highest BCUT2D eigenvalue weighted by atomic mass is 16.5. The molecule has 0 heterocycles. The van der Waals surface area contributed by atoms with Crippen molar-refractivity contribution in [1.29, 1.82) is 0 Å². The smallest absolute Gasteiger partial charge is 0.160 e. The van der Waals surface area contributed by atoms with E-state index in [0.717, 1.165) is 18.3 Å². The number of carbonyl (C=O) groups excluding carboxylic acids is 1. The van der Waals surface area contributed by atoms with Crippen molar-refractivity contribution < 1.29 is 14.6 Å². The fraction of sp³-hybridized carbons (Fsp3) is 0.364. The van der Waals surface area contributed by atoms with Crippen LogP contribution in [-0.2, 0) is 4.79 Å². The summed E-state index contributed by atoms with van der Waals surface area (Å²) < 4.78 is 4.96. The fourth-order valence-corrected chi connectivity index (χ4v) is 1.34. The molecule has 0 radical (unpaired) electrons. The molecule has 1 N–H and O–H groups in total. The van der Waals surface area contributed by atoms with Crippen molar-refractivity contribution in [3.8, 4) is 11.5 Å². The van der Waals surface area contributed by atoms with Crippen LogP contribution in [-0.4, -0.2) is 18.5 Å². The van der Waals surface area contributed by atoms with Gasteiger partial charge in [-0.25, -0.2) is 0 Å². The summed E-state index contributed by atoms with van der Waals surface area (Å²) in [7, 11) is 1.49. The molecule has 1 atom stereocenters. The molecule has 3 nitrogen and oxygen atoms in total. The molecule has 0 aliphatic rings. The zero-order valence-electron chi connectivity index (χ0n) is 8.36. The third-order valence-electron chi connectivity index (χ3n) is 2.24. The van der Waals surface area contributed by atoms with Gasteiger partial charge in [-0.3, -0.25) is 0 Å². The third kappa shape index (κ3) is 2.05. The van der Waals surface area contributed by atoms with Crippen molar-refractivity contribution in [2.45, 2.75) is 19.3 Å². The highest BCUT2D eigenvalue weighted by Gasteiger charge is 2.10. The van der Waals surface area contributed by atoms with Crippen molar-refractivity contribution in [2.24, 2.45) is 0 Å². The van der Waals surface area contributed by atoms with Gasteiger partial charge in [0.1, 0.15) is 6.29 Å². The Morgan fingerprint density at radius 1 is 1.57 bits per heavy atom. The quantitative estimate of drug-likeness (QED) is 0.746. The number of hydrogen-bond acceptors (Lipinski definition) is 3. The monoisotopic (exact) mass is 194 g/mol. The second-order valence-electron chi connectivity index (χ2n) is 3.08. The van der Waals surface area contributed by atoms with Crippen LogP contribution in [0.1, 0.15) is 24.8 Å². The minimum absolute atomic E-state index is 0.0944. The molecule has 1 aromatic carbocycles. The molecule has 0 unspecified atom stereocenters. The first-order valence-electron chi connectivity index (χ1n) is 4.55. The van der Waals surface area contributed by atoms with Crippen LogP contribution in [0.15, 0.2) is 18.2 Å². The first-order chi connectivity index (χ1) is 6.72. The number of benzene rings is 1. The van der Waals surface area contributed by atoms with E-state index in [2.05, 4.69) is 0 Å². The molecule has 0 aliphatic carbocycles. The number of methoxy groups -OCH3 is 1. The minimum Gasteiger partial charge on any atom is -0.504 e. The molecule has 0 amide bonds. The topological polar surface area (TPSA) is 46.5 Å². The highest BCUT2D eigenvalue weighted by Crippen LogP contribution is 2.29. The Morgan fingerprint density at radius 3 is 2.79 bits per heavy atom. The lowest BCUT2D eigenvalue weighted by Crippen LogP contribution is -1.98. The SMILES string of the molecule is CC[C@@H](C=O)c1ccc(O)c(OC)c1. The number of aromatic hydroxyl groups is 1. The summed E-state index contributed by atoms with van der Waals surface area (Å²) in [5, 5.41) is 9.35. The summed E-state index contributed by atoms with van der Waals surface area (Å²) in [6.07, 6.45) is 1.66. The second-order valence-corrected chi connectivity index (χ2v) is 3.08. The van der Waals surface area contributed by atoms with E-state index >= 15 is 0 Å². The molecule has 0 spiro atoms. The van der Waals surface area contributed by atoms with Gasteiger partial charge in [0.05, 0.1) is 7.11 Å². The zero-order chi connectivity index (χ0) is 10.6. The van der Waals surface area contributed by atoms with Crippen molar-refractivity contribution in [2.75, 3.05) is 7.11 Å². The van der Waals surface area contributed by atoms with Crippen LogP contribution >= 0.6 is 0 Å². The molecule has 0 saturated heterocycles. The van der Waals surface area contributed by atoms with Crippen molar-refractivity contribution in [3.63, 3.8) is 0 Å². The summed E-state index contributed by atoms with van der Waals surface area (Å²) >= 11 is 0. The van der Waals surface area contributed by atoms with Gasteiger partial charge in [0, 0.05) is 5.92 Å². The predicted molar refractivity (Wildman–Crippen MR) is 53.8 cm³/mol. The van der Waals surface area contributed by atoms with Gasteiger partial charge in [0.2, 0.25) is 0 Å². The average molecular weight is 194 g/mol. The molecule has 0 fully saturated rings. The van der Waals surface area contributed by atoms with Crippen molar-refractivity contribution in [3.05, 3.63) is 23.8 Å². The lowest BCUT2D eigenvalue weighted by Gasteiger charge is -2.10. The van der Waals surface area contributed by atoms with E-state index in [1.54, 1.807) is 18.2 Å². The maximum absolute atomic E-state index is 10.7. The lowest BCUT2D eigenvalue weighted by atomic mass is 9.98. The van der Waals surface area contributed by atoms with E-state index in [4.69, 9.17) is 4.74 Å². The summed E-state index contributed by atoms with van der Waals surface area (Å²) in [4.78, 5) is 10.7. The Bertz CT molecular complexity index is 320. The maximum Gasteiger partial charge on any atom is 0.160 e. The van der Waals surface area contributed by atoms with Gasteiger partial charge in [-0.05, 0) is 24.1 Å². The van der Waals surface area contributed by atoms with Crippen molar-refractivity contribution in [1.82, 2.24) is 0 Å². The average Bonchev–Trinajstić information content (AvgIpc) is 2.22. The van der Waals surface area contributed by atoms with Gasteiger partial charge >= 0.3 is 0 Å². The molecule has 0 saturated carbocycles. The van der Waals surface area contributed by atoms with Crippen LogP contribution in [0.4, 0.5) is 0 Å². The Balaban J connectivity index is 3.04. The van der Waals surface area contributed by atoms with E-state index < -0.39 is 0 Å². The van der Waals surface area contributed by atoms with Gasteiger partial charge in [-0.1, -0.05) is 13.0 Å². The molecule has 76 valence electrons. The Morgan fingerprint density at radius 2 is 2.29 bits per heavy atom. The molecular formula is C11H14O3. The normalized spacial score (nSPS) is 12.1. The molecule has 1 rings (SSSR count). The molecule has 14 heavy (non-hydrogen) atoms. The van der Waals surface area contributed by atoms with Crippen LogP contribution in [0.2, 0.25) is 0 Å². The molecular weight excluding hydrogens is 180 g/mol.